The molecule has 0 spiro atoms. The van der Waals surface area contributed by atoms with E-state index in [-0.39, 0.29) is 0 Å². The number of rotatable bonds is 3. The molecule has 0 saturated carbocycles. The summed E-state index contributed by atoms with van der Waals surface area (Å²) >= 11 is 6.06. The Morgan fingerprint density at radius 1 is 1.33 bits per heavy atom. The summed E-state index contributed by atoms with van der Waals surface area (Å²) in [7, 11) is 4.24. The van der Waals surface area contributed by atoms with E-state index in [1.165, 1.54) is 0 Å². The zero-order chi connectivity index (χ0) is 13.1. The van der Waals surface area contributed by atoms with Crippen molar-refractivity contribution in [2.75, 3.05) is 32.1 Å². The molecular formula is C14H19ClN2O. The third-order valence-electron chi connectivity index (χ3n) is 3.68. The highest BCUT2D eigenvalue weighted by molar-refractivity contribution is 6.33. The van der Waals surface area contributed by atoms with Gasteiger partial charge in [-0.25, -0.2) is 0 Å². The van der Waals surface area contributed by atoms with Gasteiger partial charge in [-0.3, -0.25) is 4.79 Å². The van der Waals surface area contributed by atoms with Gasteiger partial charge >= 0.3 is 0 Å². The molecule has 1 aliphatic heterocycles. The summed E-state index contributed by atoms with van der Waals surface area (Å²) in [6.07, 6.45) is 3.10. The molecule has 1 heterocycles. The summed E-state index contributed by atoms with van der Waals surface area (Å²) in [5, 5.41) is 0.539. The molecule has 0 bridgehead atoms. The van der Waals surface area contributed by atoms with E-state index in [1.54, 1.807) is 6.07 Å². The lowest BCUT2D eigenvalue weighted by Crippen LogP contribution is -2.42. The molecule has 0 aliphatic carbocycles. The van der Waals surface area contributed by atoms with Crippen LogP contribution in [0.4, 0.5) is 5.69 Å². The van der Waals surface area contributed by atoms with Gasteiger partial charge in [-0.2, -0.15) is 0 Å². The number of benzene rings is 1. The van der Waals surface area contributed by atoms with Crippen LogP contribution in [-0.4, -0.2) is 44.4 Å². The number of anilines is 1. The van der Waals surface area contributed by atoms with Gasteiger partial charge in [0.25, 0.3) is 0 Å². The Morgan fingerprint density at radius 2 is 2.00 bits per heavy atom. The van der Waals surface area contributed by atoms with Gasteiger partial charge in [0.05, 0.1) is 10.6 Å². The first-order chi connectivity index (χ1) is 8.63. The normalized spacial score (nSPS) is 17.2. The second-order valence-electron chi connectivity index (χ2n) is 4.97. The maximum atomic E-state index is 11.1. The molecule has 1 aliphatic rings. The smallest absolute Gasteiger partial charge is 0.153 e. The minimum atomic E-state index is 0.539. The number of carbonyl (C=O) groups is 1. The number of nitrogens with zero attached hydrogens (tertiary/aromatic N) is 2. The van der Waals surface area contributed by atoms with Crippen molar-refractivity contribution in [3.8, 4) is 0 Å². The van der Waals surface area contributed by atoms with E-state index in [9.17, 15) is 4.79 Å². The van der Waals surface area contributed by atoms with Crippen LogP contribution in [0.3, 0.4) is 0 Å². The molecule has 3 nitrogen and oxygen atoms in total. The molecule has 0 unspecified atom stereocenters. The molecule has 2 rings (SSSR count). The zero-order valence-electron chi connectivity index (χ0n) is 10.9. The predicted octanol–water partition coefficient (Wildman–Crippen LogP) is 2.68. The van der Waals surface area contributed by atoms with Crippen LogP contribution >= 0.6 is 11.6 Å². The molecule has 0 radical (unpaired) electrons. The minimum Gasteiger partial charge on any atom is -0.371 e. The maximum Gasteiger partial charge on any atom is 0.153 e. The van der Waals surface area contributed by atoms with E-state index in [0.717, 1.165) is 37.9 Å². The van der Waals surface area contributed by atoms with Crippen LogP contribution in [-0.2, 0) is 0 Å². The summed E-state index contributed by atoms with van der Waals surface area (Å²) in [6, 6.07) is 6.29. The highest BCUT2D eigenvalue weighted by Gasteiger charge is 2.22. The molecule has 1 aromatic carbocycles. The van der Waals surface area contributed by atoms with Gasteiger partial charge in [0, 0.05) is 24.8 Å². The summed E-state index contributed by atoms with van der Waals surface area (Å²) in [5.41, 5.74) is 1.58. The minimum absolute atomic E-state index is 0.539. The van der Waals surface area contributed by atoms with E-state index < -0.39 is 0 Å². The van der Waals surface area contributed by atoms with Gasteiger partial charge in [-0.15, -0.1) is 0 Å². The molecule has 1 saturated heterocycles. The summed E-state index contributed by atoms with van der Waals surface area (Å²) < 4.78 is 0. The van der Waals surface area contributed by atoms with Gasteiger partial charge in [0.15, 0.2) is 6.29 Å². The Hall–Kier alpha value is -1.06. The second kappa shape index (κ2) is 5.72. The maximum absolute atomic E-state index is 11.1. The standard InChI is InChI=1S/C14H19ClN2O/c1-16(2)11-6-8-17(9-7-11)14-5-3-4-13(15)12(14)10-18/h3-5,10-11H,6-9H2,1-2H3. The molecule has 4 heteroatoms. The van der Waals surface area contributed by atoms with Crippen LogP contribution in [0.15, 0.2) is 18.2 Å². The fourth-order valence-electron chi connectivity index (χ4n) is 2.54. The fourth-order valence-corrected chi connectivity index (χ4v) is 2.76. The Morgan fingerprint density at radius 3 is 2.56 bits per heavy atom. The third kappa shape index (κ3) is 2.68. The molecule has 1 fully saturated rings. The van der Waals surface area contributed by atoms with Crippen molar-refractivity contribution in [2.45, 2.75) is 18.9 Å². The molecule has 1 aromatic rings. The van der Waals surface area contributed by atoms with Crippen molar-refractivity contribution in [1.82, 2.24) is 4.90 Å². The number of carbonyl (C=O) groups excluding carboxylic acids is 1. The Labute approximate surface area is 113 Å². The third-order valence-corrected chi connectivity index (χ3v) is 4.01. The van der Waals surface area contributed by atoms with Crippen molar-refractivity contribution in [2.24, 2.45) is 0 Å². The quantitative estimate of drug-likeness (QED) is 0.786. The lowest BCUT2D eigenvalue weighted by Gasteiger charge is -2.37. The first-order valence-corrected chi connectivity index (χ1v) is 6.66. The summed E-state index contributed by atoms with van der Waals surface area (Å²) in [6.45, 7) is 1.95. The highest BCUT2D eigenvalue weighted by Crippen LogP contribution is 2.28. The van der Waals surface area contributed by atoms with Crippen molar-refractivity contribution < 1.29 is 4.79 Å². The van der Waals surface area contributed by atoms with E-state index in [4.69, 9.17) is 11.6 Å². The second-order valence-corrected chi connectivity index (χ2v) is 5.38. The molecular weight excluding hydrogens is 248 g/mol. The van der Waals surface area contributed by atoms with E-state index in [2.05, 4.69) is 23.9 Å². The van der Waals surface area contributed by atoms with Crippen LogP contribution in [0.5, 0.6) is 0 Å². The van der Waals surface area contributed by atoms with E-state index in [0.29, 0.717) is 16.6 Å². The topological polar surface area (TPSA) is 23.6 Å². The van der Waals surface area contributed by atoms with E-state index in [1.807, 2.05) is 12.1 Å². The predicted molar refractivity (Wildman–Crippen MR) is 75.8 cm³/mol. The number of hydrogen-bond acceptors (Lipinski definition) is 3. The van der Waals surface area contributed by atoms with Crippen LogP contribution < -0.4 is 4.90 Å². The molecule has 0 atom stereocenters. The van der Waals surface area contributed by atoms with Crippen LogP contribution in [0, 0.1) is 0 Å². The molecule has 0 N–H and O–H groups in total. The highest BCUT2D eigenvalue weighted by atomic mass is 35.5. The van der Waals surface area contributed by atoms with Gasteiger partial charge in [0.2, 0.25) is 0 Å². The summed E-state index contributed by atoms with van der Waals surface area (Å²) in [5.74, 6) is 0. The summed E-state index contributed by atoms with van der Waals surface area (Å²) in [4.78, 5) is 15.7. The number of hydrogen-bond donors (Lipinski definition) is 0. The number of piperidine rings is 1. The Balaban J connectivity index is 2.15. The first-order valence-electron chi connectivity index (χ1n) is 6.28. The van der Waals surface area contributed by atoms with Crippen molar-refractivity contribution in [1.29, 1.82) is 0 Å². The Kier molecular flexibility index (Phi) is 4.25. The Bertz CT molecular complexity index is 426. The molecule has 18 heavy (non-hydrogen) atoms. The molecule has 0 aromatic heterocycles. The largest absolute Gasteiger partial charge is 0.371 e. The van der Waals surface area contributed by atoms with Crippen LogP contribution in [0.1, 0.15) is 23.2 Å². The van der Waals surface area contributed by atoms with Gasteiger partial charge in [0.1, 0.15) is 0 Å². The number of aldehydes is 1. The van der Waals surface area contributed by atoms with Gasteiger partial charge in [-0.1, -0.05) is 17.7 Å². The first kappa shape index (κ1) is 13.4. The lowest BCUT2D eigenvalue weighted by molar-refractivity contribution is 0.112. The van der Waals surface area contributed by atoms with E-state index >= 15 is 0 Å². The molecule has 98 valence electrons. The van der Waals surface area contributed by atoms with Crippen molar-refractivity contribution >= 4 is 23.6 Å². The lowest BCUT2D eigenvalue weighted by atomic mass is 10.0. The van der Waals surface area contributed by atoms with Gasteiger partial charge in [-0.05, 0) is 39.1 Å². The average molecular weight is 267 g/mol. The van der Waals surface area contributed by atoms with Crippen molar-refractivity contribution in [3.63, 3.8) is 0 Å². The monoisotopic (exact) mass is 266 g/mol. The molecule has 0 amide bonds. The SMILES string of the molecule is CN(C)C1CCN(c2cccc(Cl)c2C=O)CC1. The number of halogens is 1. The fraction of sp³-hybridized carbons (Fsp3) is 0.500. The van der Waals surface area contributed by atoms with Gasteiger partial charge < -0.3 is 9.80 Å². The average Bonchev–Trinajstić information content (AvgIpc) is 2.38. The zero-order valence-corrected chi connectivity index (χ0v) is 11.7. The van der Waals surface area contributed by atoms with Crippen molar-refractivity contribution in [3.05, 3.63) is 28.8 Å². The van der Waals surface area contributed by atoms with Crippen LogP contribution in [0.2, 0.25) is 5.02 Å². The van der Waals surface area contributed by atoms with Crippen LogP contribution in [0.25, 0.3) is 0 Å².